The molecule has 0 amide bonds. The Bertz CT molecular complexity index is 573. The van der Waals surface area contributed by atoms with Crippen molar-refractivity contribution in [1.82, 2.24) is 4.98 Å². The van der Waals surface area contributed by atoms with Crippen molar-refractivity contribution in [2.45, 2.75) is 0 Å². The van der Waals surface area contributed by atoms with E-state index in [1.54, 1.807) is 18.2 Å². The minimum absolute atomic E-state index is 0.332. The number of anilines is 1. The molecule has 0 unspecified atom stereocenters. The van der Waals surface area contributed by atoms with Gasteiger partial charge in [0.2, 0.25) is 5.88 Å². The Morgan fingerprint density at radius 1 is 1.11 bits per heavy atom. The monoisotopic (exact) mass is 248 g/mol. The number of pyridine rings is 1. The van der Waals surface area contributed by atoms with Crippen LogP contribution in [0.3, 0.4) is 0 Å². The Labute approximate surface area is 104 Å². The smallest absolute Gasteiger partial charge is 0.237 e. The highest BCUT2D eigenvalue weighted by atomic mass is 19.1. The Hall–Kier alpha value is -2.30. The maximum absolute atomic E-state index is 13.1. The van der Waals surface area contributed by atoms with Crippen LogP contribution in [0.2, 0.25) is 0 Å². The van der Waals surface area contributed by atoms with Crippen molar-refractivity contribution >= 4 is 5.69 Å². The van der Waals surface area contributed by atoms with Crippen LogP contribution >= 0.6 is 0 Å². The summed E-state index contributed by atoms with van der Waals surface area (Å²) in [6, 6.07) is 7.67. The van der Waals surface area contributed by atoms with Gasteiger partial charge in [-0.1, -0.05) is 0 Å². The number of ether oxygens (including phenoxy) is 2. The molecule has 0 aliphatic rings. The third kappa shape index (κ3) is 2.20. The van der Waals surface area contributed by atoms with Crippen LogP contribution < -0.4 is 15.2 Å². The molecule has 2 N–H and O–H groups in total. The molecule has 1 heterocycles. The highest BCUT2D eigenvalue weighted by Gasteiger charge is 2.10. The Morgan fingerprint density at radius 3 is 2.56 bits per heavy atom. The number of nitrogens with zero attached hydrogens (tertiary/aromatic N) is 1. The second-order valence-electron chi connectivity index (χ2n) is 3.64. The highest BCUT2D eigenvalue weighted by Crippen LogP contribution is 2.31. The lowest BCUT2D eigenvalue weighted by molar-refractivity contribution is 0.400. The first kappa shape index (κ1) is 12.2. The van der Waals surface area contributed by atoms with Gasteiger partial charge in [-0.25, -0.2) is 9.37 Å². The standard InChI is InChI=1S/C13H13FN2O2/c1-17-12-7-8(14)3-4-9(12)11-6-5-10(15)13(16-11)18-2/h3-7H,15H2,1-2H3. The third-order valence-electron chi connectivity index (χ3n) is 2.52. The molecule has 0 saturated heterocycles. The van der Waals surface area contributed by atoms with Crippen molar-refractivity contribution in [1.29, 1.82) is 0 Å². The van der Waals surface area contributed by atoms with Gasteiger partial charge in [0.25, 0.3) is 0 Å². The summed E-state index contributed by atoms with van der Waals surface area (Å²) in [7, 11) is 2.97. The Kier molecular flexibility index (Phi) is 3.32. The van der Waals surface area contributed by atoms with Crippen LogP contribution in [0.5, 0.6) is 11.6 Å². The SMILES string of the molecule is COc1cc(F)ccc1-c1ccc(N)c(OC)n1. The molecule has 0 aliphatic heterocycles. The van der Waals surface area contributed by atoms with Gasteiger partial charge in [-0.15, -0.1) is 0 Å². The molecule has 1 aromatic carbocycles. The third-order valence-corrected chi connectivity index (χ3v) is 2.52. The fraction of sp³-hybridized carbons (Fsp3) is 0.154. The van der Waals surface area contributed by atoms with Gasteiger partial charge in [-0.3, -0.25) is 0 Å². The average Bonchev–Trinajstić information content (AvgIpc) is 2.39. The largest absolute Gasteiger partial charge is 0.496 e. The van der Waals surface area contributed by atoms with Gasteiger partial charge in [0.1, 0.15) is 11.6 Å². The van der Waals surface area contributed by atoms with E-state index in [1.807, 2.05) is 0 Å². The zero-order chi connectivity index (χ0) is 13.1. The number of nitrogen functional groups attached to an aromatic ring is 1. The van der Waals surface area contributed by atoms with Crippen molar-refractivity contribution in [2.24, 2.45) is 0 Å². The normalized spacial score (nSPS) is 10.2. The molecule has 0 aliphatic carbocycles. The molecule has 0 atom stereocenters. The molecule has 4 nitrogen and oxygen atoms in total. The van der Waals surface area contributed by atoms with Gasteiger partial charge >= 0.3 is 0 Å². The fourth-order valence-electron chi connectivity index (χ4n) is 1.64. The van der Waals surface area contributed by atoms with E-state index in [-0.39, 0.29) is 5.82 Å². The molecule has 2 aromatic rings. The van der Waals surface area contributed by atoms with Crippen molar-refractivity contribution in [3.63, 3.8) is 0 Å². The lowest BCUT2D eigenvalue weighted by Gasteiger charge is -2.10. The molecule has 0 radical (unpaired) electrons. The van der Waals surface area contributed by atoms with E-state index in [0.29, 0.717) is 28.6 Å². The molecule has 1 aromatic heterocycles. The van der Waals surface area contributed by atoms with Crippen LogP contribution in [-0.2, 0) is 0 Å². The van der Waals surface area contributed by atoms with Crippen LogP contribution in [0.4, 0.5) is 10.1 Å². The Balaban J connectivity index is 2.54. The molecular formula is C13H13FN2O2. The zero-order valence-corrected chi connectivity index (χ0v) is 10.1. The minimum atomic E-state index is -0.363. The molecule has 5 heteroatoms. The average molecular weight is 248 g/mol. The maximum atomic E-state index is 13.1. The van der Waals surface area contributed by atoms with Gasteiger partial charge in [-0.05, 0) is 24.3 Å². The van der Waals surface area contributed by atoms with Crippen molar-refractivity contribution in [3.05, 3.63) is 36.1 Å². The minimum Gasteiger partial charge on any atom is -0.496 e. The number of aromatic nitrogens is 1. The van der Waals surface area contributed by atoms with Crippen LogP contribution in [0.25, 0.3) is 11.3 Å². The molecule has 0 saturated carbocycles. The van der Waals surface area contributed by atoms with Gasteiger partial charge in [0, 0.05) is 11.6 Å². The van der Waals surface area contributed by atoms with Crippen LogP contribution in [0.1, 0.15) is 0 Å². The van der Waals surface area contributed by atoms with Gasteiger partial charge in [0.15, 0.2) is 0 Å². The number of rotatable bonds is 3. The first-order valence-electron chi connectivity index (χ1n) is 5.30. The zero-order valence-electron chi connectivity index (χ0n) is 10.1. The number of methoxy groups -OCH3 is 2. The number of halogens is 1. The second kappa shape index (κ2) is 4.91. The second-order valence-corrected chi connectivity index (χ2v) is 3.64. The van der Waals surface area contributed by atoms with Gasteiger partial charge < -0.3 is 15.2 Å². The number of nitrogens with two attached hydrogens (primary N) is 1. The van der Waals surface area contributed by atoms with Gasteiger partial charge in [-0.2, -0.15) is 0 Å². The number of hydrogen-bond donors (Lipinski definition) is 1. The van der Waals surface area contributed by atoms with E-state index in [9.17, 15) is 4.39 Å². The van der Waals surface area contributed by atoms with Crippen molar-refractivity contribution in [3.8, 4) is 22.9 Å². The predicted molar refractivity (Wildman–Crippen MR) is 67.1 cm³/mol. The molecule has 0 fully saturated rings. The summed E-state index contributed by atoms with van der Waals surface area (Å²) in [5.74, 6) is 0.381. The number of benzene rings is 1. The Morgan fingerprint density at radius 2 is 1.89 bits per heavy atom. The lowest BCUT2D eigenvalue weighted by Crippen LogP contribution is -1.97. The van der Waals surface area contributed by atoms with E-state index in [0.717, 1.165) is 0 Å². The summed E-state index contributed by atoms with van der Waals surface area (Å²) < 4.78 is 23.3. The topological polar surface area (TPSA) is 57.4 Å². The number of hydrogen-bond acceptors (Lipinski definition) is 4. The summed E-state index contributed by atoms with van der Waals surface area (Å²) >= 11 is 0. The van der Waals surface area contributed by atoms with E-state index in [2.05, 4.69) is 4.98 Å². The summed E-state index contributed by atoms with van der Waals surface area (Å²) in [5, 5.41) is 0. The summed E-state index contributed by atoms with van der Waals surface area (Å²) in [4.78, 5) is 4.25. The van der Waals surface area contributed by atoms with E-state index >= 15 is 0 Å². The predicted octanol–water partition coefficient (Wildman–Crippen LogP) is 2.49. The molecule has 0 spiro atoms. The van der Waals surface area contributed by atoms with E-state index in [4.69, 9.17) is 15.2 Å². The maximum Gasteiger partial charge on any atom is 0.237 e. The summed E-state index contributed by atoms with van der Waals surface area (Å²) in [6.07, 6.45) is 0. The molecule has 2 rings (SSSR count). The lowest BCUT2D eigenvalue weighted by atomic mass is 10.1. The highest BCUT2D eigenvalue weighted by molar-refractivity contribution is 5.69. The van der Waals surface area contributed by atoms with E-state index < -0.39 is 0 Å². The van der Waals surface area contributed by atoms with E-state index in [1.165, 1.54) is 26.4 Å². The molecule has 0 bridgehead atoms. The first-order valence-corrected chi connectivity index (χ1v) is 5.30. The molecular weight excluding hydrogens is 235 g/mol. The van der Waals surface area contributed by atoms with Crippen molar-refractivity contribution < 1.29 is 13.9 Å². The van der Waals surface area contributed by atoms with Crippen LogP contribution in [0, 0.1) is 5.82 Å². The summed E-state index contributed by atoms with van der Waals surface area (Å²) in [6.45, 7) is 0. The van der Waals surface area contributed by atoms with Crippen LogP contribution in [-0.4, -0.2) is 19.2 Å². The fourth-order valence-corrected chi connectivity index (χ4v) is 1.64. The van der Waals surface area contributed by atoms with Gasteiger partial charge in [0.05, 0.1) is 25.6 Å². The quantitative estimate of drug-likeness (QED) is 0.906. The molecule has 18 heavy (non-hydrogen) atoms. The van der Waals surface area contributed by atoms with Crippen LogP contribution in [0.15, 0.2) is 30.3 Å². The molecule has 94 valence electrons. The first-order chi connectivity index (χ1) is 8.65. The summed E-state index contributed by atoms with van der Waals surface area (Å²) in [5.41, 5.74) is 7.43. The van der Waals surface area contributed by atoms with Crippen molar-refractivity contribution in [2.75, 3.05) is 20.0 Å².